The summed E-state index contributed by atoms with van der Waals surface area (Å²) in [6, 6.07) is 4.50. The second kappa shape index (κ2) is 7.63. The van der Waals surface area contributed by atoms with Crippen molar-refractivity contribution in [2.75, 3.05) is 0 Å². The van der Waals surface area contributed by atoms with Gasteiger partial charge in [-0.1, -0.05) is 44.2 Å². The number of thiophene rings is 1. The molecule has 0 aliphatic heterocycles. The van der Waals surface area contributed by atoms with Crippen LogP contribution in [0.15, 0.2) is 12.1 Å². The zero-order valence-corrected chi connectivity index (χ0v) is 13.3. The molecule has 2 rings (SSSR count). The Morgan fingerprint density at radius 1 is 1.37 bits per heavy atom. The molecule has 4 heteroatoms. The fraction of sp³-hybridized carbons (Fsp3) is 0.733. The first kappa shape index (κ1) is 15.3. The minimum Gasteiger partial charge on any atom is -0.271 e. The Hall–Kier alpha value is -0.0900. The molecule has 0 bridgehead atoms. The molecule has 1 atom stereocenters. The quantitative estimate of drug-likeness (QED) is 0.604. The molecule has 2 nitrogen and oxygen atoms in total. The molecule has 108 valence electrons. The number of nitrogens with two attached hydrogens (primary N) is 1. The molecule has 1 heterocycles. The van der Waals surface area contributed by atoms with Crippen molar-refractivity contribution < 1.29 is 0 Å². The number of halogens is 1. The second-order valence-electron chi connectivity index (χ2n) is 5.75. The summed E-state index contributed by atoms with van der Waals surface area (Å²) in [5.41, 5.74) is 3.04. The monoisotopic (exact) mass is 300 g/mol. The first-order valence-electron chi connectivity index (χ1n) is 7.43. The van der Waals surface area contributed by atoms with E-state index in [1.165, 1.54) is 43.4 Å². The maximum absolute atomic E-state index is 5.99. The summed E-state index contributed by atoms with van der Waals surface area (Å²) in [4.78, 5) is 1.34. The number of hydrogen-bond acceptors (Lipinski definition) is 3. The number of hydrogen-bond donors (Lipinski definition) is 2. The van der Waals surface area contributed by atoms with Crippen LogP contribution in [-0.4, -0.2) is 6.04 Å². The zero-order valence-electron chi connectivity index (χ0n) is 11.7. The van der Waals surface area contributed by atoms with Gasteiger partial charge in [-0.2, -0.15) is 0 Å². The molecule has 0 amide bonds. The Morgan fingerprint density at radius 2 is 2.11 bits per heavy atom. The molecule has 1 aliphatic rings. The van der Waals surface area contributed by atoms with Crippen LogP contribution in [0.4, 0.5) is 0 Å². The summed E-state index contributed by atoms with van der Waals surface area (Å²) in [7, 11) is 0. The van der Waals surface area contributed by atoms with E-state index in [0.717, 1.165) is 22.6 Å². The molecule has 0 spiro atoms. The third-order valence-corrected chi connectivity index (χ3v) is 5.67. The van der Waals surface area contributed by atoms with E-state index in [9.17, 15) is 0 Å². The van der Waals surface area contributed by atoms with Crippen molar-refractivity contribution in [3.05, 3.63) is 21.3 Å². The second-order valence-corrected chi connectivity index (χ2v) is 7.55. The number of rotatable bonds is 6. The average Bonchev–Trinajstić information content (AvgIpc) is 2.83. The lowest BCUT2D eigenvalue weighted by Gasteiger charge is -2.33. The van der Waals surface area contributed by atoms with Crippen LogP contribution in [0, 0.1) is 11.8 Å². The van der Waals surface area contributed by atoms with Crippen molar-refractivity contribution >= 4 is 22.9 Å². The Balaban J connectivity index is 1.85. The molecule has 1 aliphatic carbocycles. The van der Waals surface area contributed by atoms with Crippen LogP contribution in [0.5, 0.6) is 0 Å². The van der Waals surface area contributed by atoms with Gasteiger partial charge in [0.15, 0.2) is 0 Å². The van der Waals surface area contributed by atoms with Gasteiger partial charge in [0, 0.05) is 10.9 Å². The summed E-state index contributed by atoms with van der Waals surface area (Å²) in [5.74, 6) is 7.45. The van der Waals surface area contributed by atoms with Crippen molar-refractivity contribution in [2.24, 2.45) is 17.7 Å². The highest BCUT2D eigenvalue weighted by Crippen LogP contribution is 2.34. The van der Waals surface area contributed by atoms with Crippen molar-refractivity contribution in [1.82, 2.24) is 5.43 Å². The molecule has 0 saturated heterocycles. The fourth-order valence-electron chi connectivity index (χ4n) is 3.33. The zero-order chi connectivity index (χ0) is 13.7. The molecule has 0 radical (unpaired) electrons. The van der Waals surface area contributed by atoms with Gasteiger partial charge in [-0.3, -0.25) is 11.3 Å². The van der Waals surface area contributed by atoms with Gasteiger partial charge in [0.25, 0.3) is 0 Å². The van der Waals surface area contributed by atoms with Crippen LogP contribution < -0.4 is 11.3 Å². The largest absolute Gasteiger partial charge is 0.271 e. The van der Waals surface area contributed by atoms with Gasteiger partial charge in [-0.15, -0.1) is 11.3 Å². The third kappa shape index (κ3) is 4.45. The van der Waals surface area contributed by atoms with E-state index < -0.39 is 0 Å². The molecule has 1 saturated carbocycles. The number of hydrazine groups is 1. The highest BCUT2D eigenvalue weighted by Gasteiger charge is 2.27. The topological polar surface area (TPSA) is 38.0 Å². The fourth-order valence-corrected chi connectivity index (χ4v) is 4.47. The van der Waals surface area contributed by atoms with Crippen molar-refractivity contribution in [3.63, 3.8) is 0 Å². The lowest BCUT2D eigenvalue weighted by molar-refractivity contribution is 0.213. The molecule has 1 unspecified atom stereocenters. The predicted octanol–water partition coefficient (Wildman–Crippen LogP) is 4.38. The summed E-state index contributed by atoms with van der Waals surface area (Å²) < 4.78 is 0.873. The van der Waals surface area contributed by atoms with Crippen LogP contribution >= 0.6 is 22.9 Å². The Morgan fingerprint density at radius 3 is 2.63 bits per heavy atom. The van der Waals surface area contributed by atoms with Gasteiger partial charge in [-0.25, -0.2) is 0 Å². The first-order valence-corrected chi connectivity index (χ1v) is 8.62. The molecule has 1 aromatic heterocycles. The predicted molar refractivity (Wildman–Crippen MR) is 84.5 cm³/mol. The van der Waals surface area contributed by atoms with Gasteiger partial charge in [0.05, 0.1) is 4.34 Å². The van der Waals surface area contributed by atoms with Crippen LogP contribution in [0.3, 0.4) is 0 Å². The van der Waals surface area contributed by atoms with E-state index in [1.54, 1.807) is 11.3 Å². The molecule has 3 N–H and O–H groups in total. The number of nitrogens with one attached hydrogen (secondary N) is 1. The Kier molecular flexibility index (Phi) is 6.14. The SMILES string of the molecule is CCCC1CCC(C(Cc2ccc(Cl)s2)NN)CC1. The first-order chi connectivity index (χ1) is 9.22. The van der Waals surface area contributed by atoms with E-state index in [1.807, 2.05) is 6.07 Å². The summed E-state index contributed by atoms with van der Waals surface area (Å²) in [6.45, 7) is 2.29. The lowest BCUT2D eigenvalue weighted by Crippen LogP contribution is -2.43. The molecular weight excluding hydrogens is 276 g/mol. The van der Waals surface area contributed by atoms with E-state index in [2.05, 4.69) is 18.4 Å². The van der Waals surface area contributed by atoms with Crippen molar-refractivity contribution in [3.8, 4) is 0 Å². The summed E-state index contributed by atoms with van der Waals surface area (Å²) >= 11 is 7.67. The summed E-state index contributed by atoms with van der Waals surface area (Å²) in [5, 5.41) is 0. The highest BCUT2D eigenvalue weighted by atomic mass is 35.5. The van der Waals surface area contributed by atoms with Crippen molar-refractivity contribution in [1.29, 1.82) is 0 Å². The summed E-state index contributed by atoms with van der Waals surface area (Å²) in [6.07, 6.45) is 9.12. The lowest BCUT2D eigenvalue weighted by atomic mass is 9.76. The molecule has 19 heavy (non-hydrogen) atoms. The van der Waals surface area contributed by atoms with E-state index in [4.69, 9.17) is 17.4 Å². The molecule has 1 aromatic rings. The van der Waals surface area contributed by atoms with Gasteiger partial charge in [-0.05, 0) is 43.2 Å². The van der Waals surface area contributed by atoms with Crippen LogP contribution in [0.25, 0.3) is 0 Å². The van der Waals surface area contributed by atoms with Gasteiger partial charge in [0.1, 0.15) is 0 Å². The van der Waals surface area contributed by atoms with Crippen molar-refractivity contribution in [2.45, 2.75) is 57.9 Å². The average molecular weight is 301 g/mol. The Bertz CT molecular complexity index is 372. The molecule has 0 aromatic carbocycles. The van der Waals surface area contributed by atoms with E-state index in [-0.39, 0.29) is 0 Å². The molecular formula is C15H25ClN2S. The third-order valence-electron chi connectivity index (χ3n) is 4.42. The maximum atomic E-state index is 5.99. The minimum atomic E-state index is 0.400. The van der Waals surface area contributed by atoms with E-state index in [0.29, 0.717) is 6.04 Å². The van der Waals surface area contributed by atoms with Crippen LogP contribution in [0.1, 0.15) is 50.3 Å². The van der Waals surface area contributed by atoms with Gasteiger partial charge in [0.2, 0.25) is 0 Å². The van der Waals surface area contributed by atoms with Gasteiger partial charge >= 0.3 is 0 Å². The van der Waals surface area contributed by atoms with Crippen LogP contribution in [0.2, 0.25) is 4.34 Å². The van der Waals surface area contributed by atoms with Crippen LogP contribution in [-0.2, 0) is 6.42 Å². The normalized spacial score (nSPS) is 25.4. The van der Waals surface area contributed by atoms with E-state index >= 15 is 0 Å². The smallest absolute Gasteiger partial charge is 0.0931 e. The maximum Gasteiger partial charge on any atom is 0.0931 e. The molecule has 1 fully saturated rings. The Labute approximate surface area is 125 Å². The van der Waals surface area contributed by atoms with Gasteiger partial charge < -0.3 is 0 Å². The highest BCUT2D eigenvalue weighted by molar-refractivity contribution is 7.16. The standard InChI is InChI=1S/C15H25ClN2S/c1-2-3-11-4-6-12(7-5-11)14(18-17)10-13-8-9-15(16)19-13/h8-9,11-12,14,18H,2-7,10,17H2,1H3. The minimum absolute atomic E-state index is 0.400.